The molecule has 19 heavy (non-hydrogen) atoms. The average molecular weight is 263 g/mol. The van der Waals surface area contributed by atoms with Gasteiger partial charge >= 0.3 is 0 Å². The molecule has 0 radical (unpaired) electrons. The summed E-state index contributed by atoms with van der Waals surface area (Å²) in [5.41, 5.74) is 0.783. The minimum absolute atomic E-state index is 0.0870. The van der Waals surface area contributed by atoms with Gasteiger partial charge in [-0.2, -0.15) is 5.26 Å². The van der Waals surface area contributed by atoms with Crippen LogP contribution in [0.2, 0.25) is 0 Å². The molecule has 0 saturated carbocycles. The standard InChI is InChI=1S/C13H17N3O3/c1-10(9-17)3-2-6-15-13-5-4-12(16(18)19)7-11(13)8-14/h4-5,7,10,15,17H,2-3,6,9H2,1H3. The lowest BCUT2D eigenvalue weighted by molar-refractivity contribution is -0.384. The van der Waals surface area contributed by atoms with Crippen LogP contribution in [0.1, 0.15) is 25.3 Å². The van der Waals surface area contributed by atoms with E-state index in [-0.39, 0.29) is 23.8 Å². The topological polar surface area (TPSA) is 99.2 Å². The molecule has 0 fully saturated rings. The monoisotopic (exact) mass is 263 g/mol. The fourth-order valence-electron chi connectivity index (χ4n) is 1.66. The van der Waals surface area contributed by atoms with Crippen molar-refractivity contribution in [3.05, 3.63) is 33.9 Å². The van der Waals surface area contributed by atoms with Crippen LogP contribution in [0, 0.1) is 27.4 Å². The summed E-state index contributed by atoms with van der Waals surface area (Å²) >= 11 is 0. The number of hydrogen-bond acceptors (Lipinski definition) is 5. The number of non-ortho nitro benzene ring substituents is 1. The van der Waals surface area contributed by atoms with E-state index in [0.29, 0.717) is 12.2 Å². The Morgan fingerprint density at radius 1 is 1.58 bits per heavy atom. The molecule has 6 heteroatoms. The first-order valence-corrected chi connectivity index (χ1v) is 6.11. The quantitative estimate of drug-likeness (QED) is 0.446. The molecule has 0 bridgehead atoms. The van der Waals surface area contributed by atoms with Crippen LogP contribution in [0.15, 0.2) is 18.2 Å². The third-order valence-electron chi connectivity index (χ3n) is 2.84. The lowest BCUT2D eigenvalue weighted by atomic mass is 10.1. The highest BCUT2D eigenvalue weighted by Gasteiger charge is 2.10. The normalized spacial score (nSPS) is 11.6. The fourth-order valence-corrected chi connectivity index (χ4v) is 1.66. The highest BCUT2D eigenvalue weighted by atomic mass is 16.6. The molecule has 0 aliphatic rings. The van der Waals surface area contributed by atoms with Crippen molar-refractivity contribution < 1.29 is 10.0 Å². The van der Waals surface area contributed by atoms with E-state index in [1.807, 2.05) is 13.0 Å². The summed E-state index contributed by atoms with van der Waals surface area (Å²) in [5, 5.41) is 31.5. The molecule has 1 rings (SSSR count). The van der Waals surface area contributed by atoms with Gasteiger partial charge < -0.3 is 10.4 Å². The summed E-state index contributed by atoms with van der Waals surface area (Å²) in [7, 11) is 0. The van der Waals surface area contributed by atoms with Gasteiger partial charge in [-0.3, -0.25) is 10.1 Å². The molecule has 0 aliphatic heterocycles. The van der Waals surface area contributed by atoms with Gasteiger partial charge in [-0.05, 0) is 24.8 Å². The predicted octanol–water partition coefficient (Wildman–Crippen LogP) is 2.29. The van der Waals surface area contributed by atoms with Crippen molar-refractivity contribution in [2.75, 3.05) is 18.5 Å². The number of rotatable bonds is 7. The summed E-state index contributed by atoms with van der Waals surface area (Å²) < 4.78 is 0. The number of anilines is 1. The maximum absolute atomic E-state index is 10.6. The highest BCUT2D eigenvalue weighted by Crippen LogP contribution is 2.21. The summed E-state index contributed by atoms with van der Waals surface area (Å²) in [6.07, 6.45) is 1.75. The van der Waals surface area contributed by atoms with Crippen molar-refractivity contribution in [2.45, 2.75) is 19.8 Å². The lowest BCUT2D eigenvalue weighted by Gasteiger charge is -2.10. The van der Waals surface area contributed by atoms with Gasteiger partial charge in [0.2, 0.25) is 0 Å². The zero-order valence-corrected chi connectivity index (χ0v) is 10.8. The third-order valence-corrected chi connectivity index (χ3v) is 2.84. The highest BCUT2D eigenvalue weighted by molar-refractivity contribution is 5.61. The maximum Gasteiger partial charge on any atom is 0.270 e. The number of aliphatic hydroxyl groups excluding tert-OH is 1. The van der Waals surface area contributed by atoms with Gasteiger partial charge in [0, 0.05) is 25.3 Å². The minimum atomic E-state index is -0.520. The summed E-state index contributed by atoms with van der Waals surface area (Å²) in [5.74, 6) is 0.258. The van der Waals surface area contributed by atoms with E-state index in [2.05, 4.69) is 5.32 Å². The molecule has 0 amide bonds. The van der Waals surface area contributed by atoms with Crippen LogP contribution in [0.25, 0.3) is 0 Å². The zero-order chi connectivity index (χ0) is 14.3. The molecule has 102 valence electrons. The van der Waals surface area contributed by atoms with Crippen LogP contribution in [-0.2, 0) is 0 Å². The van der Waals surface area contributed by atoms with Crippen molar-refractivity contribution in [3.8, 4) is 6.07 Å². The first-order valence-electron chi connectivity index (χ1n) is 6.11. The van der Waals surface area contributed by atoms with Crippen LogP contribution in [0.3, 0.4) is 0 Å². The van der Waals surface area contributed by atoms with Gasteiger partial charge in [0.1, 0.15) is 6.07 Å². The molecule has 1 unspecified atom stereocenters. The van der Waals surface area contributed by atoms with Crippen LogP contribution in [-0.4, -0.2) is 23.2 Å². The first-order chi connectivity index (χ1) is 9.08. The summed E-state index contributed by atoms with van der Waals surface area (Å²) in [4.78, 5) is 10.1. The van der Waals surface area contributed by atoms with Gasteiger partial charge in [-0.1, -0.05) is 6.92 Å². The van der Waals surface area contributed by atoms with Crippen LogP contribution >= 0.6 is 0 Å². The van der Waals surface area contributed by atoms with Crippen LogP contribution in [0.5, 0.6) is 0 Å². The van der Waals surface area contributed by atoms with E-state index in [0.717, 1.165) is 12.8 Å². The SMILES string of the molecule is CC(CO)CCCNc1ccc([N+](=O)[O-])cc1C#N. The second-order valence-electron chi connectivity index (χ2n) is 4.46. The molecule has 0 aliphatic carbocycles. The molecule has 6 nitrogen and oxygen atoms in total. The Morgan fingerprint density at radius 3 is 2.89 bits per heavy atom. The Kier molecular flexibility index (Phi) is 5.76. The molecular weight excluding hydrogens is 246 g/mol. The number of nitrogens with one attached hydrogen (secondary N) is 1. The van der Waals surface area contributed by atoms with Crippen molar-refractivity contribution in [3.63, 3.8) is 0 Å². The molecule has 2 N–H and O–H groups in total. The van der Waals surface area contributed by atoms with E-state index in [1.165, 1.54) is 12.1 Å². The summed E-state index contributed by atoms with van der Waals surface area (Å²) in [6.45, 7) is 2.80. The average Bonchev–Trinajstić information content (AvgIpc) is 2.42. The van der Waals surface area contributed by atoms with E-state index in [4.69, 9.17) is 10.4 Å². The Hall–Kier alpha value is -2.13. The maximum atomic E-state index is 10.6. The van der Waals surface area contributed by atoms with E-state index >= 15 is 0 Å². The molecular formula is C13H17N3O3. The minimum Gasteiger partial charge on any atom is -0.396 e. The van der Waals surface area contributed by atoms with E-state index < -0.39 is 4.92 Å². The van der Waals surface area contributed by atoms with Gasteiger partial charge in [0.15, 0.2) is 0 Å². The molecule has 0 aromatic heterocycles. The number of aliphatic hydroxyl groups is 1. The Balaban J connectivity index is 2.59. The number of nitro benzene ring substituents is 1. The Morgan fingerprint density at radius 2 is 2.32 bits per heavy atom. The number of benzene rings is 1. The Labute approximate surface area is 111 Å². The first kappa shape index (κ1) is 14.9. The van der Waals surface area contributed by atoms with Gasteiger partial charge in [-0.15, -0.1) is 0 Å². The van der Waals surface area contributed by atoms with E-state index in [1.54, 1.807) is 6.07 Å². The summed E-state index contributed by atoms with van der Waals surface area (Å²) in [6, 6.07) is 6.13. The third kappa shape index (κ3) is 4.56. The molecule has 1 aromatic rings. The van der Waals surface area contributed by atoms with Gasteiger partial charge in [-0.25, -0.2) is 0 Å². The number of nitro groups is 1. The molecule has 1 aromatic carbocycles. The van der Waals surface area contributed by atoms with Gasteiger partial charge in [0.05, 0.1) is 16.2 Å². The Bertz CT molecular complexity index is 483. The molecule has 0 saturated heterocycles. The van der Waals surface area contributed by atoms with E-state index in [9.17, 15) is 10.1 Å². The van der Waals surface area contributed by atoms with Crippen molar-refractivity contribution in [1.82, 2.24) is 0 Å². The molecule has 0 spiro atoms. The van der Waals surface area contributed by atoms with Gasteiger partial charge in [0.25, 0.3) is 5.69 Å². The number of nitrogens with zero attached hydrogens (tertiary/aromatic N) is 2. The smallest absolute Gasteiger partial charge is 0.270 e. The second kappa shape index (κ2) is 7.34. The number of nitriles is 1. The molecule has 1 atom stereocenters. The molecule has 0 heterocycles. The zero-order valence-electron chi connectivity index (χ0n) is 10.8. The number of hydrogen-bond donors (Lipinski definition) is 2. The van der Waals surface area contributed by atoms with Crippen LogP contribution < -0.4 is 5.32 Å². The largest absolute Gasteiger partial charge is 0.396 e. The lowest BCUT2D eigenvalue weighted by Crippen LogP contribution is -2.07. The van der Waals surface area contributed by atoms with Crippen molar-refractivity contribution in [2.24, 2.45) is 5.92 Å². The van der Waals surface area contributed by atoms with Crippen molar-refractivity contribution in [1.29, 1.82) is 5.26 Å². The predicted molar refractivity (Wildman–Crippen MR) is 71.8 cm³/mol. The van der Waals surface area contributed by atoms with Crippen molar-refractivity contribution >= 4 is 11.4 Å². The second-order valence-corrected chi connectivity index (χ2v) is 4.46. The van der Waals surface area contributed by atoms with Crippen LogP contribution in [0.4, 0.5) is 11.4 Å². The fraction of sp³-hybridized carbons (Fsp3) is 0.462.